The highest BCUT2D eigenvalue weighted by molar-refractivity contribution is 7.18. The Morgan fingerprint density at radius 1 is 1.00 bits per heavy atom. The molecule has 160 valence electrons. The molecule has 1 fully saturated rings. The highest BCUT2D eigenvalue weighted by atomic mass is 35.5. The second-order valence-electron chi connectivity index (χ2n) is 6.90. The zero-order valence-corrected chi connectivity index (χ0v) is 18.0. The smallest absolute Gasteiger partial charge is 0.449 e. The number of hydrogen-bond donors (Lipinski definition) is 2. The van der Waals surface area contributed by atoms with Gasteiger partial charge in [0.25, 0.3) is 0 Å². The molecule has 2 aromatic carbocycles. The SMILES string of the molecule is O=C(O)Oc1sc(-c2ccccc2)cc1NC(=O)N1CCN(c2ccccc2Cl)CC1. The van der Waals surface area contributed by atoms with Crippen LogP contribution >= 0.6 is 22.9 Å². The fourth-order valence-electron chi connectivity index (χ4n) is 3.41. The van der Waals surface area contributed by atoms with Gasteiger partial charge >= 0.3 is 12.2 Å². The number of nitrogens with zero attached hydrogens (tertiary/aromatic N) is 2. The number of carbonyl (C=O) groups excluding carboxylic acids is 1. The molecular formula is C22H20ClN3O4S. The van der Waals surface area contributed by atoms with Gasteiger partial charge in [0, 0.05) is 31.1 Å². The molecule has 2 amide bonds. The van der Waals surface area contributed by atoms with E-state index in [1.807, 2.05) is 54.6 Å². The van der Waals surface area contributed by atoms with E-state index in [4.69, 9.17) is 21.4 Å². The van der Waals surface area contributed by atoms with Crippen molar-refractivity contribution in [2.24, 2.45) is 0 Å². The molecule has 2 heterocycles. The van der Waals surface area contributed by atoms with Crippen LogP contribution in [0.25, 0.3) is 10.4 Å². The molecule has 1 saturated heterocycles. The molecule has 2 N–H and O–H groups in total. The predicted molar refractivity (Wildman–Crippen MR) is 123 cm³/mol. The number of amides is 2. The molecular weight excluding hydrogens is 438 g/mol. The first kappa shape index (κ1) is 21.0. The van der Waals surface area contributed by atoms with Crippen LogP contribution in [0, 0.1) is 0 Å². The second kappa shape index (κ2) is 9.28. The molecule has 1 aromatic heterocycles. The van der Waals surface area contributed by atoms with Gasteiger partial charge in [0.2, 0.25) is 5.06 Å². The van der Waals surface area contributed by atoms with E-state index in [0.29, 0.717) is 36.9 Å². The highest BCUT2D eigenvalue weighted by Gasteiger charge is 2.24. The van der Waals surface area contributed by atoms with Crippen molar-refractivity contribution in [2.75, 3.05) is 36.4 Å². The summed E-state index contributed by atoms with van der Waals surface area (Å²) in [6.07, 6.45) is -1.43. The quantitative estimate of drug-likeness (QED) is 0.507. The Balaban J connectivity index is 1.45. The first-order valence-electron chi connectivity index (χ1n) is 9.66. The molecule has 9 heteroatoms. The summed E-state index contributed by atoms with van der Waals surface area (Å²) in [5.41, 5.74) is 2.20. The molecule has 0 atom stereocenters. The van der Waals surface area contributed by atoms with Crippen LogP contribution in [0.4, 0.5) is 21.0 Å². The number of carbonyl (C=O) groups is 2. The molecule has 0 aliphatic carbocycles. The maximum absolute atomic E-state index is 12.8. The fourth-order valence-corrected chi connectivity index (χ4v) is 4.63. The molecule has 4 rings (SSSR count). The summed E-state index contributed by atoms with van der Waals surface area (Å²) < 4.78 is 4.90. The second-order valence-corrected chi connectivity index (χ2v) is 8.32. The van der Waals surface area contributed by atoms with E-state index in [2.05, 4.69) is 10.2 Å². The molecule has 3 aromatic rings. The average Bonchev–Trinajstić information content (AvgIpc) is 3.16. The van der Waals surface area contributed by atoms with Crippen molar-refractivity contribution >= 4 is 46.5 Å². The van der Waals surface area contributed by atoms with Gasteiger partial charge in [0.15, 0.2) is 0 Å². The summed E-state index contributed by atoms with van der Waals surface area (Å²) in [4.78, 5) is 28.6. The molecule has 31 heavy (non-hydrogen) atoms. The van der Waals surface area contributed by atoms with E-state index >= 15 is 0 Å². The highest BCUT2D eigenvalue weighted by Crippen LogP contribution is 2.41. The molecule has 1 aliphatic heterocycles. The summed E-state index contributed by atoms with van der Waals surface area (Å²) in [5, 5.41) is 12.7. The number of anilines is 2. The molecule has 0 radical (unpaired) electrons. The monoisotopic (exact) mass is 457 g/mol. The summed E-state index contributed by atoms with van der Waals surface area (Å²) in [5.74, 6) is 0. The van der Waals surface area contributed by atoms with Crippen molar-refractivity contribution in [3.63, 3.8) is 0 Å². The third kappa shape index (κ3) is 4.92. The minimum absolute atomic E-state index is 0.134. The minimum atomic E-state index is -1.43. The first-order chi connectivity index (χ1) is 15.0. The number of nitrogens with one attached hydrogen (secondary N) is 1. The van der Waals surface area contributed by atoms with E-state index in [1.165, 1.54) is 11.3 Å². The summed E-state index contributed by atoms with van der Waals surface area (Å²) in [6, 6.07) is 18.6. The van der Waals surface area contributed by atoms with Crippen molar-refractivity contribution < 1.29 is 19.4 Å². The van der Waals surface area contributed by atoms with Crippen LogP contribution in [0.5, 0.6) is 5.06 Å². The largest absolute Gasteiger partial charge is 0.512 e. The lowest BCUT2D eigenvalue weighted by molar-refractivity contribution is 0.146. The average molecular weight is 458 g/mol. The lowest BCUT2D eigenvalue weighted by Gasteiger charge is -2.36. The zero-order valence-electron chi connectivity index (χ0n) is 16.5. The predicted octanol–water partition coefficient (Wildman–Crippen LogP) is 5.48. The lowest BCUT2D eigenvalue weighted by Crippen LogP contribution is -2.50. The van der Waals surface area contributed by atoms with Gasteiger partial charge in [0.1, 0.15) is 0 Å². The Labute approximate surface area is 188 Å². The van der Waals surface area contributed by atoms with E-state index in [1.54, 1.807) is 11.0 Å². The number of rotatable bonds is 4. The minimum Gasteiger partial charge on any atom is -0.449 e. The number of para-hydroxylation sites is 1. The van der Waals surface area contributed by atoms with Gasteiger partial charge in [-0.05, 0) is 23.8 Å². The van der Waals surface area contributed by atoms with Crippen molar-refractivity contribution in [3.05, 3.63) is 65.7 Å². The number of benzene rings is 2. The van der Waals surface area contributed by atoms with Crippen LogP contribution in [0.15, 0.2) is 60.7 Å². The lowest BCUT2D eigenvalue weighted by atomic mass is 10.2. The van der Waals surface area contributed by atoms with Gasteiger partial charge in [-0.25, -0.2) is 9.59 Å². The van der Waals surface area contributed by atoms with Gasteiger partial charge < -0.3 is 25.0 Å². The Kier molecular flexibility index (Phi) is 6.29. The van der Waals surface area contributed by atoms with Crippen molar-refractivity contribution in [2.45, 2.75) is 0 Å². The van der Waals surface area contributed by atoms with Gasteiger partial charge in [-0.1, -0.05) is 65.4 Å². The third-order valence-corrected chi connectivity index (χ3v) is 6.32. The molecule has 0 bridgehead atoms. The molecule has 1 aliphatic rings. The van der Waals surface area contributed by atoms with E-state index < -0.39 is 6.16 Å². The van der Waals surface area contributed by atoms with Crippen LogP contribution in [-0.2, 0) is 0 Å². The van der Waals surface area contributed by atoms with Crippen molar-refractivity contribution in [3.8, 4) is 15.5 Å². The standard InChI is InChI=1S/C22H20ClN3O4S/c23-16-8-4-5-9-18(16)25-10-12-26(13-11-25)21(27)24-17-14-19(15-6-2-1-3-7-15)31-20(17)30-22(28)29/h1-9,14H,10-13H2,(H,24,27)(H,28,29). The summed E-state index contributed by atoms with van der Waals surface area (Å²) >= 11 is 7.45. The Morgan fingerprint density at radius 2 is 1.68 bits per heavy atom. The summed E-state index contributed by atoms with van der Waals surface area (Å²) in [7, 11) is 0. The maximum atomic E-state index is 12.8. The topological polar surface area (TPSA) is 82.1 Å². The summed E-state index contributed by atoms with van der Waals surface area (Å²) in [6.45, 7) is 2.33. The van der Waals surface area contributed by atoms with Crippen molar-refractivity contribution in [1.82, 2.24) is 4.90 Å². The van der Waals surface area contributed by atoms with Crippen LogP contribution in [0.2, 0.25) is 5.02 Å². The van der Waals surface area contributed by atoms with Crippen LogP contribution in [-0.4, -0.2) is 48.4 Å². The first-order valence-corrected chi connectivity index (χ1v) is 10.9. The molecule has 0 spiro atoms. The Morgan fingerprint density at radius 3 is 2.35 bits per heavy atom. The van der Waals surface area contributed by atoms with E-state index in [-0.39, 0.29) is 11.1 Å². The number of halogens is 1. The van der Waals surface area contributed by atoms with Crippen LogP contribution < -0.4 is 15.0 Å². The molecule has 0 saturated carbocycles. The Bertz CT molecular complexity index is 1080. The van der Waals surface area contributed by atoms with Gasteiger partial charge in [-0.15, -0.1) is 0 Å². The molecule has 0 unspecified atom stereocenters. The number of ether oxygens (including phenoxy) is 1. The zero-order chi connectivity index (χ0) is 21.8. The maximum Gasteiger partial charge on any atom is 0.512 e. The number of urea groups is 1. The molecule has 7 nitrogen and oxygen atoms in total. The third-order valence-electron chi connectivity index (χ3n) is 4.94. The van der Waals surface area contributed by atoms with E-state index in [9.17, 15) is 9.59 Å². The van der Waals surface area contributed by atoms with Crippen LogP contribution in [0.1, 0.15) is 0 Å². The number of hydrogen-bond acceptors (Lipinski definition) is 5. The number of carboxylic acid groups (broad SMARTS) is 1. The van der Waals surface area contributed by atoms with Crippen LogP contribution in [0.3, 0.4) is 0 Å². The van der Waals surface area contributed by atoms with Crippen molar-refractivity contribution in [1.29, 1.82) is 0 Å². The van der Waals surface area contributed by atoms with Gasteiger partial charge in [-0.3, -0.25) is 0 Å². The van der Waals surface area contributed by atoms with Gasteiger partial charge in [0.05, 0.1) is 16.4 Å². The normalized spacial score (nSPS) is 13.7. The number of piperazine rings is 1. The van der Waals surface area contributed by atoms with Gasteiger partial charge in [-0.2, -0.15) is 0 Å². The Hall–Kier alpha value is -3.23. The van der Waals surface area contributed by atoms with E-state index in [0.717, 1.165) is 16.1 Å². The fraction of sp³-hybridized carbons (Fsp3) is 0.182. The number of thiophene rings is 1.